The zero-order chi connectivity index (χ0) is 43.4. The number of H-pyrrole nitrogens is 1. The van der Waals surface area contributed by atoms with Gasteiger partial charge in [-0.3, -0.25) is 34.2 Å². The van der Waals surface area contributed by atoms with E-state index in [0.29, 0.717) is 37.1 Å². The fourth-order valence-corrected chi connectivity index (χ4v) is 5.81. The maximum absolute atomic E-state index is 14.1. The predicted molar refractivity (Wildman–Crippen MR) is 217 cm³/mol. The van der Waals surface area contributed by atoms with Crippen molar-refractivity contribution in [3.05, 3.63) is 48.0 Å². The van der Waals surface area contributed by atoms with Crippen LogP contribution in [0.15, 0.2) is 36.8 Å². The van der Waals surface area contributed by atoms with E-state index in [-0.39, 0.29) is 62.2 Å². The molecule has 0 bridgehead atoms. The first-order valence-electron chi connectivity index (χ1n) is 19.6. The monoisotopic (exact) mass is 813 g/mol. The third-order valence-electron chi connectivity index (χ3n) is 9.65. The van der Waals surface area contributed by atoms with E-state index in [2.05, 4.69) is 41.9 Å². The summed E-state index contributed by atoms with van der Waals surface area (Å²) in [6.07, 6.45) is 4.83. The average Bonchev–Trinajstić information content (AvgIpc) is 3.70. The van der Waals surface area contributed by atoms with Crippen molar-refractivity contribution in [3.63, 3.8) is 0 Å². The molecule has 0 aliphatic heterocycles. The normalized spacial score (nSPS) is 14.7. The number of phenols is 1. The number of primary amides is 1. The van der Waals surface area contributed by atoms with Gasteiger partial charge in [-0.15, -0.1) is 0 Å². The first kappa shape index (κ1) is 48.4. The van der Waals surface area contributed by atoms with Gasteiger partial charge in [0, 0.05) is 25.6 Å². The number of unbranched alkanes of at least 4 members (excludes halogenated alkanes) is 1. The molecule has 2 aromatic rings. The number of carbonyl (C=O) groups is 6. The average molecular weight is 814 g/mol. The van der Waals surface area contributed by atoms with Gasteiger partial charge in [0.25, 0.3) is 0 Å². The highest BCUT2D eigenvalue weighted by Gasteiger charge is 2.34. The van der Waals surface area contributed by atoms with Crippen molar-refractivity contribution >= 4 is 41.4 Å². The van der Waals surface area contributed by atoms with Gasteiger partial charge in [0.05, 0.1) is 18.1 Å². The number of guanidine groups is 1. The van der Waals surface area contributed by atoms with Gasteiger partial charge in [0.1, 0.15) is 36.0 Å². The third kappa shape index (κ3) is 16.8. The number of phenolic OH excluding ortho intramolecular Hbond substituents is 1. The van der Waals surface area contributed by atoms with E-state index in [1.54, 1.807) is 39.1 Å². The van der Waals surface area contributed by atoms with Crippen molar-refractivity contribution in [3.8, 4) is 5.75 Å². The quantitative estimate of drug-likeness (QED) is 0.0285. The van der Waals surface area contributed by atoms with Gasteiger partial charge in [-0.2, -0.15) is 0 Å². The topological polar surface area (TPSA) is 351 Å². The molecule has 0 aliphatic carbocycles. The minimum absolute atomic E-state index is 0.00385. The molecule has 2 rings (SSSR count). The minimum atomic E-state index is -1.29. The van der Waals surface area contributed by atoms with Crippen LogP contribution in [-0.4, -0.2) is 106 Å². The molecule has 7 atom stereocenters. The summed E-state index contributed by atoms with van der Waals surface area (Å²) in [5, 5.41) is 33.5. The van der Waals surface area contributed by atoms with Crippen molar-refractivity contribution in [2.24, 2.45) is 34.8 Å². The van der Waals surface area contributed by atoms with Gasteiger partial charge in [-0.1, -0.05) is 46.2 Å². The maximum atomic E-state index is 14.1. The summed E-state index contributed by atoms with van der Waals surface area (Å²) in [4.78, 5) is 88.1. The Morgan fingerprint density at radius 1 is 0.776 bits per heavy atom. The Hall–Kier alpha value is -5.76. The summed E-state index contributed by atoms with van der Waals surface area (Å²) in [7, 11) is 0. The Morgan fingerprint density at radius 3 is 1.90 bits per heavy atom. The largest absolute Gasteiger partial charge is 0.508 e. The molecule has 58 heavy (non-hydrogen) atoms. The Kier molecular flexibility index (Phi) is 20.7. The lowest BCUT2D eigenvalue weighted by molar-refractivity contribution is -0.135. The molecule has 322 valence electrons. The van der Waals surface area contributed by atoms with Crippen LogP contribution in [0.4, 0.5) is 0 Å². The van der Waals surface area contributed by atoms with E-state index in [4.69, 9.17) is 28.3 Å². The van der Waals surface area contributed by atoms with E-state index < -0.39 is 71.7 Å². The van der Waals surface area contributed by atoms with Crippen LogP contribution in [0, 0.1) is 17.2 Å². The molecule has 0 saturated heterocycles. The van der Waals surface area contributed by atoms with E-state index in [9.17, 15) is 33.9 Å². The van der Waals surface area contributed by atoms with Crippen LogP contribution >= 0.6 is 0 Å². The number of aromatic nitrogens is 2. The van der Waals surface area contributed by atoms with Crippen LogP contribution in [0.25, 0.3) is 0 Å². The third-order valence-corrected chi connectivity index (χ3v) is 9.65. The van der Waals surface area contributed by atoms with Crippen LogP contribution in [0.3, 0.4) is 0 Å². The van der Waals surface area contributed by atoms with E-state index in [1.165, 1.54) is 18.5 Å². The number of benzene rings is 1. The smallest absolute Gasteiger partial charge is 0.243 e. The van der Waals surface area contributed by atoms with Crippen LogP contribution in [0.5, 0.6) is 5.75 Å². The van der Waals surface area contributed by atoms with E-state index in [1.807, 2.05) is 6.92 Å². The summed E-state index contributed by atoms with van der Waals surface area (Å²) >= 11 is 0. The highest BCUT2D eigenvalue weighted by Crippen LogP contribution is 2.14. The second kappa shape index (κ2) is 24.8. The Balaban J connectivity index is 2.45. The summed E-state index contributed by atoms with van der Waals surface area (Å²) in [5.41, 5.74) is 23.7. The molecule has 20 nitrogen and oxygen atoms in total. The van der Waals surface area contributed by atoms with Crippen molar-refractivity contribution in [1.29, 1.82) is 5.41 Å². The molecule has 0 saturated carbocycles. The fraction of sp³-hybridized carbons (Fsp3) is 0.579. The van der Waals surface area contributed by atoms with Crippen LogP contribution < -0.4 is 54.8 Å². The SMILES string of the molecule is CC[C@H](C)[C@H](NC(=O)[C@@H](N)C(C)C)C(=O)N[C@H](Cc1c[nH]cn1)C(=O)N[C@@H](CCCNC(=N)N)C(=O)N[C@@H](Cc1ccc(O)cc1)C(=O)N[C@@H](CCCCN)C(N)=O. The van der Waals surface area contributed by atoms with Crippen LogP contribution in [0.2, 0.25) is 0 Å². The second-order valence-electron chi connectivity index (χ2n) is 14.7. The molecule has 0 spiro atoms. The molecule has 6 amide bonds. The standard InChI is InChI=1S/C38H63N13O7/c1-5-22(4)31(51-36(57)30(40)21(2)3)37(58)50-29(18-24-19-44-20-46-24)35(56)48-27(10-8-16-45-38(42)43)33(54)49-28(17-23-11-13-25(52)14-12-23)34(55)47-26(32(41)53)9-6-7-15-39/h11-14,19-22,26-31,52H,5-10,15-18,39-40H2,1-4H3,(H2,41,53)(H,44,46)(H,47,55)(H,48,56)(H,49,54)(H,50,58)(H,51,57)(H4,42,43,45)/t22-,26-,27-,28-,29+,30-,31-/m0/s1. The number of nitrogens with two attached hydrogens (primary N) is 4. The number of aromatic amines is 1. The second-order valence-corrected chi connectivity index (χ2v) is 14.7. The fourth-order valence-electron chi connectivity index (χ4n) is 5.81. The lowest BCUT2D eigenvalue weighted by Crippen LogP contribution is -2.61. The lowest BCUT2D eigenvalue weighted by Gasteiger charge is -2.29. The molecule has 0 unspecified atom stereocenters. The molecule has 1 aromatic heterocycles. The number of carbonyl (C=O) groups excluding carboxylic acids is 6. The molecule has 0 aliphatic rings. The summed E-state index contributed by atoms with van der Waals surface area (Å²) in [6, 6.07) is -0.873. The van der Waals surface area contributed by atoms with Gasteiger partial charge in [-0.25, -0.2) is 4.98 Å². The Bertz CT molecular complexity index is 1640. The van der Waals surface area contributed by atoms with E-state index >= 15 is 0 Å². The number of nitrogens with one attached hydrogen (secondary N) is 8. The summed E-state index contributed by atoms with van der Waals surface area (Å²) in [6.45, 7) is 7.73. The van der Waals surface area contributed by atoms with Crippen molar-refractivity contribution in [1.82, 2.24) is 41.9 Å². The number of rotatable bonds is 26. The number of amides is 6. The van der Waals surface area contributed by atoms with Crippen molar-refractivity contribution in [2.75, 3.05) is 13.1 Å². The van der Waals surface area contributed by atoms with E-state index in [0.717, 1.165) is 0 Å². The highest BCUT2D eigenvalue weighted by molar-refractivity contribution is 5.96. The molecule has 1 heterocycles. The predicted octanol–water partition coefficient (Wildman–Crippen LogP) is -1.77. The summed E-state index contributed by atoms with van der Waals surface area (Å²) in [5.74, 6) is -5.08. The molecule has 0 radical (unpaired) electrons. The zero-order valence-corrected chi connectivity index (χ0v) is 33.8. The zero-order valence-electron chi connectivity index (χ0n) is 33.8. The first-order chi connectivity index (χ1) is 27.5. The van der Waals surface area contributed by atoms with Gasteiger partial charge in [0.15, 0.2) is 5.96 Å². The number of hydrogen-bond donors (Lipinski definition) is 13. The lowest BCUT2D eigenvalue weighted by atomic mass is 9.96. The van der Waals surface area contributed by atoms with Gasteiger partial charge < -0.3 is 64.9 Å². The minimum Gasteiger partial charge on any atom is -0.508 e. The number of imidazole rings is 1. The molecular formula is C38H63N13O7. The van der Waals surface area contributed by atoms with Crippen molar-refractivity contribution in [2.45, 2.75) is 115 Å². The summed E-state index contributed by atoms with van der Waals surface area (Å²) < 4.78 is 0. The number of hydrogen-bond acceptors (Lipinski definition) is 11. The highest BCUT2D eigenvalue weighted by atomic mass is 16.3. The number of nitrogens with zero attached hydrogens (tertiary/aromatic N) is 1. The van der Waals surface area contributed by atoms with Gasteiger partial charge >= 0.3 is 0 Å². The van der Waals surface area contributed by atoms with Crippen LogP contribution in [-0.2, 0) is 41.6 Å². The van der Waals surface area contributed by atoms with Gasteiger partial charge in [-0.05, 0) is 68.2 Å². The Morgan fingerprint density at radius 2 is 1.34 bits per heavy atom. The molecular weight excluding hydrogens is 751 g/mol. The molecule has 20 heteroatoms. The van der Waals surface area contributed by atoms with Gasteiger partial charge in [0.2, 0.25) is 35.4 Å². The molecule has 1 aromatic carbocycles. The maximum Gasteiger partial charge on any atom is 0.243 e. The Labute approximate surface area is 339 Å². The van der Waals surface area contributed by atoms with Crippen molar-refractivity contribution < 1.29 is 33.9 Å². The first-order valence-corrected chi connectivity index (χ1v) is 19.6. The number of aromatic hydroxyl groups is 1. The van der Waals surface area contributed by atoms with Crippen LogP contribution in [0.1, 0.15) is 77.5 Å². The molecule has 17 N–H and O–H groups in total. The molecule has 0 fully saturated rings.